The molecule has 1 unspecified atom stereocenters. The molecule has 0 aliphatic carbocycles. The van der Waals surface area contributed by atoms with Crippen molar-refractivity contribution in [3.63, 3.8) is 0 Å². The molecule has 1 fully saturated rings. The molecule has 0 radical (unpaired) electrons. The third-order valence-corrected chi connectivity index (χ3v) is 8.43. The van der Waals surface area contributed by atoms with Gasteiger partial charge < -0.3 is 18.7 Å². The molecular weight excluding hydrogens is 544 g/mol. The topological polar surface area (TPSA) is 143 Å². The Bertz CT molecular complexity index is 1400. The summed E-state index contributed by atoms with van der Waals surface area (Å²) in [5, 5.41) is 9.82. The molecule has 1 saturated heterocycles. The first-order valence-electron chi connectivity index (χ1n) is 12.1. The number of aliphatic carboxylic acids is 1. The van der Waals surface area contributed by atoms with E-state index in [-0.39, 0.29) is 45.0 Å². The first-order chi connectivity index (χ1) is 18.6. The number of pyridine rings is 1. The maximum Gasteiger partial charge on any atom is 0.322 e. The number of benzene rings is 2. The van der Waals surface area contributed by atoms with Gasteiger partial charge in [0.25, 0.3) is 0 Å². The van der Waals surface area contributed by atoms with Crippen molar-refractivity contribution in [2.45, 2.75) is 12.6 Å². The first kappa shape index (κ1) is 28.6. The highest BCUT2D eigenvalue weighted by Crippen LogP contribution is 2.24. The number of carboxylic acids is 1. The molecule has 1 aliphatic rings. The van der Waals surface area contributed by atoms with Gasteiger partial charge in [0, 0.05) is 54.9 Å². The van der Waals surface area contributed by atoms with Crippen molar-refractivity contribution >= 4 is 32.9 Å². The SMILES string of the molecule is CS(=O)(=O)N1CCN([C@@H](CN(c2ccc(OCc3ccnc(-c4ccccc4)c3)cc2)S(=O)[O-])C(=O)O)CC1. The fourth-order valence-electron chi connectivity index (χ4n) is 4.31. The van der Waals surface area contributed by atoms with Crippen LogP contribution in [0.3, 0.4) is 0 Å². The van der Waals surface area contributed by atoms with Crippen molar-refractivity contribution in [1.29, 1.82) is 0 Å². The maximum atomic E-state index is 12.1. The smallest absolute Gasteiger partial charge is 0.322 e. The molecule has 0 bridgehead atoms. The van der Waals surface area contributed by atoms with Gasteiger partial charge in [-0.2, -0.15) is 4.31 Å². The summed E-state index contributed by atoms with van der Waals surface area (Å²) in [6.45, 7) is 0.580. The molecule has 1 aromatic heterocycles. The molecule has 0 amide bonds. The summed E-state index contributed by atoms with van der Waals surface area (Å²) in [7, 11) is -3.38. The van der Waals surface area contributed by atoms with Crippen LogP contribution in [-0.2, 0) is 32.7 Å². The Morgan fingerprint density at radius 3 is 2.36 bits per heavy atom. The number of hydrogen-bond acceptors (Lipinski definition) is 8. The van der Waals surface area contributed by atoms with Crippen LogP contribution >= 0.6 is 0 Å². The Balaban J connectivity index is 1.40. The zero-order valence-corrected chi connectivity index (χ0v) is 22.9. The van der Waals surface area contributed by atoms with Gasteiger partial charge in [0.1, 0.15) is 18.4 Å². The molecule has 208 valence electrons. The van der Waals surface area contributed by atoms with Crippen molar-refractivity contribution in [2.24, 2.45) is 0 Å². The molecule has 3 aromatic rings. The minimum Gasteiger partial charge on any atom is -0.755 e. The van der Waals surface area contributed by atoms with Crippen molar-refractivity contribution in [2.75, 3.05) is 43.3 Å². The highest BCUT2D eigenvalue weighted by molar-refractivity contribution is 7.88. The molecule has 2 atom stereocenters. The Labute approximate surface area is 230 Å². The monoisotopic (exact) mass is 573 g/mol. The molecule has 0 spiro atoms. The van der Waals surface area contributed by atoms with E-state index in [0.717, 1.165) is 27.4 Å². The third kappa shape index (κ3) is 7.61. The van der Waals surface area contributed by atoms with Crippen LogP contribution in [0, 0.1) is 0 Å². The van der Waals surface area contributed by atoms with E-state index in [0.29, 0.717) is 5.75 Å². The van der Waals surface area contributed by atoms with Gasteiger partial charge in [-0.1, -0.05) is 30.3 Å². The lowest BCUT2D eigenvalue weighted by molar-refractivity contribution is -0.143. The normalized spacial score (nSPS) is 16.4. The van der Waals surface area contributed by atoms with E-state index in [4.69, 9.17) is 4.74 Å². The molecular formula is C26H29N4O7S2-. The highest BCUT2D eigenvalue weighted by atomic mass is 32.2. The number of piperazine rings is 1. The number of carbonyl (C=O) groups is 1. The summed E-state index contributed by atoms with van der Waals surface area (Å²) >= 11 is -2.74. The number of anilines is 1. The molecule has 13 heteroatoms. The van der Waals surface area contributed by atoms with Gasteiger partial charge in [0.15, 0.2) is 0 Å². The fourth-order valence-corrected chi connectivity index (χ4v) is 5.70. The number of ether oxygens (including phenoxy) is 1. The number of sulfonamides is 1. The molecule has 4 rings (SSSR count). The van der Waals surface area contributed by atoms with E-state index in [1.165, 1.54) is 4.31 Å². The van der Waals surface area contributed by atoms with Gasteiger partial charge in [-0.25, -0.2) is 8.42 Å². The Morgan fingerprint density at radius 2 is 1.77 bits per heavy atom. The van der Waals surface area contributed by atoms with Gasteiger partial charge in [0.2, 0.25) is 10.0 Å². The van der Waals surface area contributed by atoms with E-state index < -0.39 is 33.3 Å². The standard InChI is InChI=1S/C26H30N4O7S2/c1-39(35,36)29-15-13-28(14-16-29)25(26(31)32)18-30(38(33)34)22-7-9-23(10-8-22)37-19-20-11-12-27-24(17-20)21-5-3-2-4-6-21/h2-12,17,25H,13-16,18-19H2,1H3,(H,31,32)(H,33,34)/p-1/t25-/m0/s1. The summed E-state index contributed by atoms with van der Waals surface area (Å²) in [6, 6.07) is 18.8. The van der Waals surface area contributed by atoms with E-state index in [9.17, 15) is 27.1 Å². The van der Waals surface area contributed by atoms with Crippen molar-refractivity contribution < 1.29 is 31.8 Å². The molecule has 2 heterocycles. The Kier molecular flexibility index (Phi) is 9.30. The average molecular weight is 574 g/mol. The summed E-state index contributed by atoms with van der Waals surface area (Å²) < 4.78 is 55.8. The highest BCUT2D eigenvalue weighted by Gasteiger charge is 2.33. The van der Waals surface area contributed by atoms with Crippen LogP contribution in [0.25, 0.3) is 11.3 Å². The van der Waals surface area contributed by atoms with Crippen molar-refractivity contribution in [3.8, 4) is 17.0 Å². The van der Waals surface area contributed by atoms with Crippen LogP contribution in [0.4, 0.5) is 5.69 Å². The first-order valence-corrected chi connectivity index (χ1v) is 15.0. The molecule has 39 heavy (non-hydrogen) atoms. The van der Waals surface area contributed by atoms with Gasteiger partial charge >= 0.3 is 5.97 Å². The summed E-state index contributed by atoms with van der Waals surface area (Å²) in [5.41, 5.74) is 3.01. The second-order valence-electron chi connectivity index (χ2n) is 9.03. The van der Waals surface area contributed by atoms with Crippen LogP contribution in [0.2, 0.25) is 0 Å². The molecule has 11 nitrogen and oxygen atoms in total. The number of carboxylic acid groups (broad SMARTS) is 1. The van der Waals surface area contributed by atoms with E-state index in [2.05, 4.69) is 4.98 Å². The Hall–Kier alpha value is -3.36. The number of hydrogen-bond donors (Lipinski definition) is 1. The van der Waals surface area contributed by atoms with E-state index in [1.54, 1.807) is 35.4 Å². The fraction of sp³-hybridized carbons (Fsp3) is 0.308. The lowest BCUT2D eigenvalue weighted by Gasteiger charge is -2.39. The second kappa shape index (κ2) is 12.7. The maximum absolute atomic E-state index is 12.1. The van der Waals surface area contributed by atoms with Crippen LogP contribution in [-0.4, -0.2) is 87.5 Å². The zero-order chi connectivity index (χ0) is 28.0. The van der Waals surface area contributed by atoms with Crippen molar-refractivity contribution in [3.05, 3.63) is 78.5 Å². The van der Waals surface area contributed by atoms with E-state index >= 15 is 0 Å². The van der Waals surface area contributed by atoms with Crippen LogP contribution in [0.1, 0.15) is 5.56 Å². The Morgan fingerprint density at radius 1 is 1.10 bits per heavy atom. The minimum atomic E-state index is -3.38. The lowest BCUT2D eigenvalue weighted by Crippen LogP contribution is -2.57. The van der Waals surface area contributed by atoms with Gasteiger partial charge in [-0.05, 0) is 42.0 Å². The van der Waals surface area contributed by atoms with Gasteiger partial charge in [-0.15, -0.1) is 0 Å². The van der Waals surface area contributed by atoms with Gasteiger partial charge in [-0.3, -0.25) is 18.9 Å². The summed E-state index contributed by atoms with van der Waals surface area (Å²) in [6.07, 6.45) is 2.82. The predicted octanol–water partition coefficient (Wildman–Crippen LogP) is 1.96. The van der Waals surface area contributed by atoms with Crippen LogP contribution in [0.15, 0.2) is 72.9 Å². The number of rotatable bonds is 11. The average Bonchev–Trinajstić information content (AvgIpc) is 2.93. The van der Waals surface area contributed by atoms with Crippen LogP contribution < -0.4 is 9.04 Å². The van der Waals surface area contributed by atoms with Crippen molar-refractivity contribution in [1.82, 2.24) is 14.2 Å². The summed E-state index contributed by atoms with van der Waals surface area (Å²) in [4.78, 5) is 18.0. The largest absolute Gasteiger partial charge is 0.755 e. The molecule has 1 N–H and O–H groups in total. The summed E-state index contributed by atoms with van der Waals surface area (Å²) in [5.74, 6) is -0.675. The van der Waals surface area contributed by atoms with Gasteiger partial charge in [0.05, 0.1) is 18.5 Å². The minimum absolute atomic E-state index is 0.138. The van der Waals surface area contributed by atoms with E-state index in [1.807, 2.05) is 42.5 Å². The quantitative estimate of drug-likeness (QED) is 0.341. The van der Waals surface area contributed by atoms with Crippen LogP contribution in [0.5, 0.6) is 5.75 Å². The zero-order valence-electron chi connectivity index (χ0n) is 21.3. The lowest BCUT2D eigenvalue weighted by atomic mass is 10.1. The molecule has 2 aromatic carbocycles. The second-order valence-corrected chi connectivity index (χ2v) is 11.9. The molecule has 1 aliphatic heterocycles. The third-order valence-electron chi connectivity index (χ3n) is 6.41. The number of nitrogens with zero attached hydrogens (tertiary/aromatic N) is 4. The molecule has 0 saturated carbocycles. The predicted molar refractivity (Wildman–Crippen MR) is 146 cm³/mol. The number of aromatic nitrogens is 1.